The predicted molar refractivity (Wildman–Crippen MR) is 103 cm³/mol. The molecule has 3 aromatic carbocycles. The first-order chi connectivity index (χ1) is 12.6. The molecule has 1 aromatic heterocycles. The number of rotatable bonds is 3. The first-order valence-electron chi connectivity index (χ1n) is 7.93. The quantitative estimate of drug-likeness (QED) is 0.545. The lowest BCUT2D eigenvalue weighted by Crippen LogP contribution is -2.11. The van der Waals surface area contributed by atoms with E-state index in [0.29, 0.717) is 16.3 Å². The summed E-state index contributed by atoms with van der Waals surface area (Å²) in [5, 5.41) is 5.40. The second-order valence-corrected chi connectivity index (χ2v) is 6.74. The second-order valence-electron chi connectivity index (χ2n) is 5.71. The van der Waals surface area contributed by atoms with Gasteiger partial charge in [0.2, 0.25) is 0 Å². The van der Waals surface area contributed by atoms with Crippen LogP contribution in [0.25, 0.3) is 21.0 Å². The average molecular weight is 362 g/mol. The monoisotopic (exact) mass is 362 g/mol. The molecule has 0 aliphatic carbocycles. The van der Waals surface area contributed by atoms with Crippen molar-refractivity contribution in [1.29, 1.82) is 0 Å². The van der Waals surface area contributed by atoms with E-state index in [1.54, 1.807) is 24.3 Å². The van der Waals surface area contributed by atoms with Crippen molar-refractivity contribution in [3.8, 4) is 0 Å². The molecule has 4 rings (SSSR count). The Labute approximate surface area is 153 Å². The highest BCUT2D eigenvalue weighted by Crippen LogP contribution is 2.27. The summed E-state index contributed by atoms with van der Waals surface area (Å²) in [7, 11) is 1.34. The van der Waals surface area contributed by atoms with Crippen LogP contribution in [0.5, 0.6) is 0 Å². The number of fused-ring (bicyclic) bond motifs is 2. The molecule has 1 heterocycles. The van der Waals surface area contributed by atoms with Gasteiger partial charge in [-0.05, 0) is 41.1 Å². The summed E-state index contributed by atoms with van der Waals surface area (Å²) < 4.78 is 5.53. The Hall–Kier alpha value is -3.25. The fourth-order valence-electron chi connectivity index (χ4n) is 2.72. The Morgan fingerprint density at radius 2 is 1.73 bits per heavy atom. The first kappa shape index (κ1) is 16.2. The topological polar surface area (TPSA) is 68.3 Å². The normalized spacial score (nSPS) is 10.8. The van der Waals surface area contributed by atoms with Gasteiger partial charge in [-0.2, -0.15) is 0 Å². The molecule has 0 aliphatic rings. The number of nitrogens with one attached hydrogen (secondary N) is 1. The predicted octanol–water partition coefficient (Wildman–Crippen LogP) is 4.49. The van der Waals surface area contributed by atoms with E-state index in [1.807, 2.05) is 36.4 Å². The van der Waals surface area contributed by atoms with Crippen molar-refractivity contribution in [2.75, 3.05) is 12.4 Å². The Morgan fingerprint density at radius 3 is 2.54 bits per heavy atom. The number of carbonyl (C=O) groups excluding carboxylic acids is 2. The number of anilines is 1. The van der Waals surface area contributed by atoms with Crippen LogP contribution in [-0.2, 0) is 4.74 Å². The van der Waals surface area contributed by atoms with Crippen LogP contribution in [0.4, 0.5) is 5.13 Å². The van der Waals surface area contributed by atoms with E-state index in [4.69, 9.17) is 4.74 Å². The maximum Gasteiger partial charge on any atom is 0.337 e. The number of methoxy groups -OCH3 is 1. The van der Waals surface area contributed by atoms with Crippen LogP contribution in [0.2, 0.25) is 0 Å². The second kappa shape index (κ2) is 6.57. The number of benzene rings is 3. The van der Waals surface area contributed by atoms with Crippen molar-refractivity contribution < 1.29 is 14.3 Å². The van der Waals surface area contributed by atoms with Gasteiger partial charge >= 0.3 is 5.97 Å². The van der Waals surface area contributed by atoms with E-state index in [2.05, 4.69) is 10.3 Å². The number of amides is 1. The molecule has 0 radical (unpaired) electrons. The summed E-state index contributed by atoms with van der Waals surface area (Å²) in [5.41, 5.74) is 1.74. The molecule has 0 bridgehead atoms. The molecule has 1 amide bonds. The van der Waals surface area contributed by atoms with Gasteiger partial charge in [0, 0.05) is 5.56 Å². The van der Waals surface area contributed by atoms with Crippen LogP contribution in [-0.4, -0.2) is 24.0 Å². The van der Waals surface area contributed by atoms with Crippen LogP contribution < -0.4 is 5.32 Å². The zero-order valence-electron chi connectivity index (χ0n) is 13.9. The maximum absolute atomic E-state index is 12.5. The lowest BCUT2D eigenvalue weighted by atomic mass is 10.1. The molecule has 0 fully saturated rings. The van der Waals surface area contributed by atoms with Crippen LogP contribution >= 0.6 is 11.3 Å². The van der Waals surface area contributed by atoms with Gasteiger partial charge in [0.25, 0.3) is 5.91 Å². The molecule has 0 saturated carbocycles. The Bertz CT molecular complexity index is 1150. The molecule has 0 spiro atoms. The molecule has 0 unspecified atom stereocenters. The van der Waals surface area contributed by atoms with Crippen molar-refractivity contribution in [1.82, 2.24) is 4.98 Å². The van der Waals surface area contributed by atoms with Crippen LogP contribution in [0.15, 0.2) is 60.7 Å². The van der Waals surface area contributed by atoms with Crippen LogP contribution in [0, 0.1) is 0 Å². The number of esters is 1. The van der Waals surface area contributed by atoms with Crippen molar-refractivity contribution >= 4 is 49.3 Å². The van der Waals surface area contributed by atoms with Gasteiger partial charge in [0.05, 0.1) is 22.9 Å². The standard InChI is InChI=1S/C20H14N2O3S/c1-25-19(24)15-8-9-16-17(11-15)26-20(21-16)22-18(23)14-7-6-12-4-2-3-5-13(12)10-14/h2-11H,1H3,(H,21,22,23). The Morgan fingerprint density at radius 1 is 0.962 bits per heavy atom. The lowest BCUT2D eigenvalue weighted by molar-refractivity contribution is 0.0601. The molecule has 4 aromatic rings. The summed E-state index contributed by atoms with van der Waals surface area (Å²) in [6, 6.07) is 18.6. The van der Waals surface area contributed by atoms with Crippen molar-refractivity contribution in [3.63, 3.8) is 0 Å². The van der Waals surface area contributed by atoms with Gasteiger partial charge in [-0.25, -0.2) is 9.78 Å². The highest BCUT2D eigenvalue weighted by Gasteiger charge is 2.12. The highest BCUT2D eigenvalue weighted by molar-refractivity contribution is 7.22. The minimum absolute atomic E-state index is 0.219. The molecule has 6 heteroatoms. The van der Waals surface area contributed by atoms with E-state index in [0.717, 1.165) is 21.0 Å². The summed E-state index contributed by atoms with van der Waals surface area (Å²) in [6.07, 6.45) is 0. The number of hydrogen-bond acceptors (Lipinski definition) is 5. The third-order valence-electron chi connectivity index (χ3n) is 4.04. The largest absolute Gasteiger partial charge is 0.465 e. The smallest absolute Gasteiger partial charge is 0.337 e. The minimum Gasteiger partial charge on any atom is -0.465 e. The third kappa shape index (κ3) is 3.02. The zero-order chi connectivity index (χ0) is 18.1. The van der Waals surface area contributed by atoms with Gasteiger partial charge in [-0.1, -0.05) is 41.7 Å². The summed E-state index contributed by atoms with van der Waals surface area (Å²) in [4.78, 5) is 28.6. The molecule has 0 atom stereocenters. The van der Waals surface area contributed by atoms with Crippen molar-refractivity contribution in [2.45, 2.75) is 0 Å². The molecule has 26 heavy (non-hydrogen) atoms. The number of hydrogen-bond donors (Lipinski definition) is 1. The maximum atomic E-state index is 12.5. The lowest BCUT2D eigenvalue weighted by Gasteiger charge is -2.03. The molecular weight excluding hydrogens is 348 g/mol. The minimum atomic E-state index is -0.401. The Balaban J connectivity index is 1.61. The number of carbonyl (C=O) groups is 2. The van der Waals surface area contributed by atoms with E-state index in [9.17, 15) is 9.59 Å². The first-order valence-corrected chi connectivity index (χ1v) is 8.75. The van der Waals surface area contributed by atoms with Gasteiger partial charge in [-0.15, -0.1) is 0 Å². The number of thiazole rings is 1. The van der Waals surface area contributed by atoms with Gasteiger partial charge in [-0.3, -0.25) is 10.1 Å². The zero-order valence-corrected chi connectivity index (χ0v) is 14.7. The summed E-state index contributed by atoms with van der Waals surface area (Å²) in [6.45, 7) is 0. The van der Waals surface area contributed by atoms with E-state index in [-0.39, 0.29) is 5.91 Å². The number of nitrogens with zero attached hydrogens (tertiary/aromatic N) is 1. The summed E-state index contributed by atoms with van der Waals surface area (Å²) in [5.74, 6) is -0.620. The van der Waals surface area contributed by atoms with Gasteiger partial charge in [0.15, 0.2) is 5.13 Å². The van der Waals surface area contributed by atoms with Crippen molar-refractivity contribution in [3.05, 3.63) is 71.8 Å². The molecular formula is C20H14N2O3S. The fourth-order valence-corrected chi connectivity index (χ4v) is 3.62. The van der Waals surface area contributed by atoms with Crippen LogP contribution in [0.1, 0.15) is 20.7 Å². The van der Waals surface area contributed by atoms with Crippen molar-refractivity contribution in [2.24, 2.45) is 0 Å². The number of ether oxygens (including phenoxy) is 1. The van der Waals surface area contributed by atoms with E-state index >= 15 is 0 Å². The fraction of sp³-hybridized carbons (Fsp3) is 0.0500. The summed E-state index contributed by atoms with van der Waals surface area (Å²) >= 11 is 1.32. The van der Waals surface area contributed by atoms with Gasteiger partial charge in [0.1, 0.15) is 0 Å². The van der Waals surface area contributed by atoms with E-state index < -0.39 is 5.97 Å². The van der Waals surface area contributed by atoms with Crippen LogP contribution in [0.3, 0.4) is 0 Å². The molecule has 0 aliphatic heterocycles. The molecule has 0 saturated heterocycles. The molecule has 1 N–H and O–H groups in total. The third-order valence-corrected chi connectivity index (χ3v) is 4.98. The van der Waals surface area contributed by atoms with Gasteiger partial charge < -0.3 is 4.74 Å². The highest BCUT2D eigenvalue weighted by atomic mass is 32.1. The SMILES string of the molecule is COC(=O)c1ccc2nc(NC(=O)c3ccc4ccccc4c3)sc2c1. The van der Waals surface area contributed by atoms with E-state index in [1.165, 1.54) is 18.4 Å². The molecule has 128 valence electrons. The number of aromatic nitrogens is 1. The average Bonchev–Trinajstić information content (AvgIpc) is 3.08. The Kier molecular flexibility index (Phi) is 4.10. The molecule has 5 nitrogen and oxygen atoms in total.